The molecular weight excluding hydrogens is 276 g/mol. The van der Waals surface area contributed by atoms with Gasteiger partial charge in [-0.15, -0.1) is 0 Å². The minimum absolute atomic E-state index is 0.0198. The number of pyridine rings is 1. The first-order chi connectivity index (χ1) is 8.95. The molecular formula is C12H8ClF2N3O. The van der Waals surface area contributed by atoms with Gasteiger partial charge >= 0.3 is 0 Å². The van der Waals surface area contributed by atoms with Crippen LogP contribution in [0.4, 0.5) is 20.2 Å². The Morgan fingerprint density at radius 2 is 1.84 bits per heavy atom. The van der Waals surface area contributed by atoms with Crippen molar-refractivity contribution in [3.8, 4) is 0 Å². The van der Waals surface area contributed by atoms with E-state index in [1.165, 1.54) is 12.3 Å². The fraction of sp³-hybridized carbons (Fsp3) is 0. The van der Waals surface area contributed by atoms with Gasteiger partial charge in [0.1, 0.15) is 16.8 Å². The lowest BCUT2D eigenvalue weighted by molar-refractivity contribution is 0.102. The highest BCUT2D eigenvalue weighted by atomic mass is 35.5. The molecule has 1 aromatic carbocycles. The van der Waals surface area contributed by atoms with Crippen molar-refractivity contribution in [3.05, 3.63) is 52.8 Å². The molecule has 2 aromatic rings. The van der Waals surface area contributed by atoms with E-state index < -0.39 is 17.5 Å². The quantitative estimate of drug-likeness (QED) is 0.833. The number of nitrogens with two attached hydrogens (primary N) is 1. The van der Waals surface area contributed by atoms with Crippen LogP contribution in [0.25, 0.3) is 0 Å². The molecule has 0 bridgehead atoms. The number of amides is 1. The molecule has 4 nitrogen and oxygen atoms in total. The largest absolute Gasteiger partial charge is 0.397 e. The van der Waals surface area contributed by atoms with Gasteiger partial charge in [-0.05, 0) is 18.2 Å². The SMILES string of the molecule is Nc1cnc(Cl)c(C(=O)Nc2cc(F)cc(F)c2)c1. The number of benzene rings is 1. The minimum Gasteiger partial charge on any atom is -0.397 e. The number of aromatic nitrogens is 1. The molecule has 1 aromatic heterocycles. The zero-order valence-corrected chi connectivity index (χ0v) is 10.2. The average Bonchev–Trinajstić information content (AvgIpc) is 2.30. The Labute approximate surface area is 112 Å². The van der Waals surface area contributed by atoms with E-state index in [2.05, 4.69) is 10.3 Å². The summed E-state index contributed by atoms with van der Waals surface area (Å²) in [6.45, 7) is 0. The summed E-state index contributed by atoms with van der Waals surface area (Å²) in [5.74, 6) is -2.26. The third-order valence-electron chi connectivity index (χ3n) is 2.23. The lowest BCUT2D eigenvalue weighted by atomic mass is 10.2. The first-order valence-electron chi connectivity index (χ1n) is 5.14. The number of nitrogens with zero attached hydrogens (tertiary/aromatic N) is 1. The van der Waals surface area contributed by atoms with E-state index in [4.69, 9.17) is 17.3 Å². The Morgan fingerprint density at radius 1 is 1.21 bits per heavy atom. The molecule has 0 aliphatic heterocycles. The van der Waals surface area contributed by atoms with Crippen molar-refractivity contribution in [2.45, 2.75) is 0 Å². The van der Waals surface area contributed by atoms with Gasteiger partial charge in [0.25, 0.3) is 5.91 Å². The van der Waals surface area contributed by atoms with E-state index in [0.29, 0.717) is 6.07 Å². The number of hydrogen-bond acceptors (Lipinski definition) is 3. The molecule has 0 fully saturated rings. The number of nitrogen functional groups attached to an aromatic ring is 1. The number of anilines is 2. The number of nitrogens with one attached hydrogen (secondary N) is 1. The normalized spacial score (nSPS) is 10.3. The van der Waals surface area contributed by atoms with Gasteiger partial charge in [-0.2, -0.15) is 0 Å². The van der Waals surface area contributed by atoms with Crippen molar-refractivity contribution in [2.75, 3.05) is 11.1 Å². The van der Waals surface area contributed by atoms with Crippen LogP contribution in [-0.4, -0.2) is 10.9 Å². The number of hydrogen-bond donors (Lipinski definition) is 2. The third-order valence-corrected chi connectivity index (χ3v) is 2.53. The zero-order valence-electron chi connectivity index (χ0n) is 9.45. The summed E-state index contributed by atoms with van der Waals surface area (Å²) in [6, 6.07) is 3.98. The number of carbonyl (C=O) groups is 1. The Morgan fingerprint density at radius 3 is 2.47 bits per heavy atom. The summed E-state index contributed by atoms with van der Waals surface area (Å²) < 4.78 is 25.9. The van der Waals surface area contributed by atoms with Crippen LogP contribution in [0.5, 0.6) is 0 Å². The van der Waals surface area contributed by atoms with Crippen molar-refractivity contribution >= 4 is 28.9 Å². The van der Waals surface area contributed by atoms with E-state index in [1.807, 2.05) is 0 Å². The molecule has 1 amide bonds. The zero-order chi connectivity index (χ0) is 14.0. The highest BCUT2D eigenvalue weighted by Crippen LogP contribution is 2.19. The lowest BCUT2D eigenvalue weighted by Gasteiger charge is -2.07. The van der Waals surface area contributed by atoms with Gasteiger partial charge in [-0.3, -0.25) is 4.79 Å². The summed E-state index contributed by atoms with van der Waals surface area (Å²) >= 11 is 5.74. The maximum absolute atomic E-state index is 13.0. The highest BCUT2D eigenvalue weighted by Gasteiger charge is 2.13. The predicted octanol–water partition coefficient (Wildman–Crippen LogP) is 2.85. The fourth-order valence-electron chi connectivity index (χ4n) is 1.45. The summed E-state index contributed by atoms with van der Waals surface area (Å²) in [7, 11) is 0. The van der Waals surface area contributed by atoms with Gasteiger partial charge in [0.2, 0.25) is 0 Å². The number of halogens is 3. The predicted molar refractivity (Wildman–Crippen MR) is 68.0 cm³/mol. The molecule has 98 valence electrons. The maximum Gasteiger partial charge on any atom is 0.258 e. The van der Waals surface area contributed by atoms with Crippen molar-refractivity contribution in [1.29, 1.82) is 0 Å². The van der Waals surface area contributed by atoms with Gasteiger partial charge in [-0.1, -0.05) is 11.6 Å². The van der Waals surface area contributed by atoms with Gasteiger partial charge in [-0.25, -0.2) is 13.8 Å². The van der Waals surface area contributed by atoms with Gasteiger partial charge < -0.3 is 11.1 Å². The van der Waals surface area contributed by atoms with Crippen LogP contribution in [-0.2, 0) is 0 Å². The topological polar surface area (TPSA) is 68.0 Å². The molecule has 0 aliphatic carbocycles. The van der Waals surface area contributed by atoms with E-state index in [-0.39, 0.29) is 22.1 Å². The molecule has 0 atom stereocenters. The van der Waals surface area contributed by atoms with Crippen LogP contribution < -0.4 is 11.1 Å². The summed E-state index contributed by atoms with van der Waals surface area (Å²) in [4.78, 5) is 15.6. The second-order valence-electron chi connectivity index (χ2n) is 3.72. The number of rotatable bonds is 2. The van der Waals surface area contributed by atoms with Crippen LogP contribution in [0.15, 0.2) is 30.5 Å². The Hall–Kier alpha value is -2.21. The standard InChI is InChI=1S/C12H8ClF2N3O/c13-11-10(4-8(16)5-17-11)12(19)18-9-2-6(14)1-7(15)3-9/h1-5H,16H2,(H,18,19). The molecule has 7 heteroatoms. The fourth-order valence-corrected chi connectivity index (χ4v) is 1.64. The molecule has 0 unspecified atom stereocenters. The van der Waals surface area contributed by atoms with Crippen molar-refractivity contribution in [1.82, 2.24) is 4.98 Å². The van der Waals surface area contributed by atoms with Crippen molar-refractivity contribution < 1.29 is 13.6 Å². The molecule has 0 saturated heterocycles. The van der Waals surface area contributed by atoms with Crippen LogP contribution in [0, 0.1) is 11.6 Å². The monoisotopic (exact) mass is 283 g/mol. The van der Waals surface area contributed by atoms with E-state index in [0.717, 1.165) is 12.1 Å². The minimum atomic E-state index is -0.799. The van der Waals surface area contributed by atoms with Crippen LogP contribution in [0.1, 0.15) is 10.4 Å². The molecule has 0 saturated carbocycles. The Balaban J connectivity index is 2.28. The maximum atomic E-state index is 13.0. The Kier molecular flexibility index (Phi) is 3.62. The Bertz CT molecular complexity index is 629. The van der Waals surface area contributed by atoms with Crippen molar-refractivity contribution in [2.24, 2.45) is 0 Å². The first-order valence-corrected chi connectivity index (χ1v) is 5.52. The summed E-state index contributed by atoms with van der Waals surface area (Å²) in [6.07, 6.45) is 1.29. The molecule has 0 aliphatic rings. The molecule has 1 heterocycles. The van der Waals surface area contributed by atoms with Crippen LogP contribution in [0.2, 0.25) is 5.15 Å². The molecule has 0 spiro atoms. The van der Waals surface area contributed by atoms with E-state index >= 15 is 0 Å². The van der Waals surface area contributed by atoms with E-state index in [1.54, 1.807) is 0 Å². The lowest BCUT2D eigenvalue weighted by Crippen LogP contribution is -2.13. The van der Waals surface area contributed by atoms with Crippen molar-refractivity contribution in [3.63, 3.8) is 0 Å². The van der Waals surface area contributed by atoms with Crippen LogP contribution in [0.3, 0.4) is 0 Å². The first kappa shape index (κ1) is 13.2. The number of carbonyl (C=O) groups excluding carboxylic acids is 1. The van der Waals surface area contributed by atoms with Gasteiger partial charge in [0.15, 0.2) is 0 Å². The second kappa shape index (κ2) is 5.19. The van der Waals surface area contributed by atoms with Gasteiger partial charge in [0.05, 0.1) is 17.4 Å². The molecule has 2 rings (SSSR count). The van der Waals surface area contributed by atoms with E-state index in [9.17, 15) is 13.6 Å². The van der Waals surface area contributed by atoms with Gasteiger partial charge in [0, 0.05) is 11.8 Å². The summed E-state index contributed by atoms with van der Waals surface area (Å²) in [5, 5.41) is 2.26. The second-order valence-corrected chi connectivity index (χ2v) is 4.08. The summed E-state index contributed by atoms with van der Waals surface area (Å²) in [5.41, 5.74) is 5.73. The highest BCUT2D eigenvalue weighted by molar-refractivity contribution is 6.33. The smallest absolute Gasteiger partial charge is 0.258 e. The molecule has 3 N–H and O–H groups in total. The van der Waals surface area contributed by atoms with Crippen LogP contribution >= 0.6 is 11.6 Å². The third kappa shape index (κ3) is 3.17. The molecule has 19 heavy (non-hydrogen) atoms. The molecule has 0 radical (unpaired) electrons. The average molecular weight is 284 g/mol.